The molecular weight excluding hydrogens is 599 g/mol. The van der Waals surface area contributed by atoms with Crippen molar-refractivity contribution in [2.24, 2.45) is 0 Å². The van der Waals surface area contributed by atoms with E-state index in [1.54, 1.807) is 0 Å². The van der Waals surface area contributed by atoms with Gasteiger partial charge in [-0.3, -0.25) is 9.13 Å². The second-order valence-corrected chi connectivity index (χ2v) is 13.0. The van der Waals surface area contributed by atoms with Crippen LogP contribution in [-0.4, -0.2) is 24.1 Å². The molecule has 0 unspecified atom stereocenters. The average Bonchev–Trinajstić information content (AvgIpc) is 3.81. The summed E-state index contributed by atoms with van der Waals surface area (Å²) in [5.74, 6) is 1.82. The van der Waals surface area contributed by atoms with E-state index in [-0.39, 0.29) is 0 Å². The van der Waals surface area contributed by atoms with E-state index in [9.17, 15) is 0 Å². The number of hydrogen-bond acceptors (Lipinski definition) is 2. The molecule has 0 bridgehead atoms. The van der Waals surface area contributed by atoms with Gasteiger partial charge in [0.15, 0.2) is 0 Å². The molecule has 0 spiro atoms. The minimum absolute atomic E-state index is 0.903. The van der Waals surface area contributed by atoms with Gasteiger partial charge in [0.1, 0.15) is 11.6 Å². The molecule has 232 valence electrons. The van der Waals surface area contributed by atoms with Crippen LogP contribution in [-0.2, 0) is 0 Å². The van der Waals surface area contributed by atoms with Gasteiger partial charge in [-0.1, -0.05) is 84.4 Å². The van der Waals surface area contributed by atoms with Gasteiger partial charge in [0.2, 0.25) is 0 Å². The van der Waals surface area contributed by atoms with Crippen LogP contribution in [0.3, 0.4) is 0 Å². The first kappa shape index (κ1) is 27.6. The Balaban J connectivity index is 1.26. The average molecular weight is 630 g/mol. The fourth-order valence-corrected chi connectivity index (χ4v) is 7.60. The molecule has 10 rings (SSSR count). The zero-order valence-corrected chi connectivity index (χ0v) is 27.1. The first-order chi connectivity index (χ1) is 24.1. The molecule has 0 saturated heterocycles. The van der Waals surface area contributed by atoms with Crippen LogP contribution in [0.2, 0.25) is 0 Å². The number of fused-ring (bicyclic) bond motifs is 7. The topological polar surface area (TPSA) is 51.4 Å². The van der Waals surface area contributed by atoms with Crippen molar-refractivity contribution in [1.29, 1.82) is 0 Å². The molecule has 0 aliphatic carbocycles. The van der Waals surface area contributed by atoms with Crippen LogP contribution in [0.1, 0.15) is 11.1 Å². The smallest absolute Gasteiger partial charge is 0.147 e. The van der Waals surface area contributed by atoms with Crippen LogP contribution in [0.15, 0.2) is 146 Å². The Morgan fingerprint density at radius 3 is 2.22 bits per heavy atom. The van der Waals surface area contributed by atoms with E-state index in [1.165, 1.54) is 32.7 Å². The van der Waals surface area contributed by atoms with Crippen LogP contribution in [0.4, 0.5) is 0 Å². The summed E-state index contributed by atoms with van der Waals surface area (Å²) >= 11 is 0. The number of pyridine rings is 1. The van der Waals surface area contributed by atoms with E-state index in [4.69, 9.17) is 9.97 Å². The van der Waals surface area contributed by atoms with Crippen molar-refractivity contribution in [3.8, 4) is 34.0 Å². The maximum atomic E-state index is 5.51. The number of benzene rings is 6. The predicted molar refractivity (Wildman–Crippen MR) is 203 cm³/mol. The molecule has 0 aliphatic rings. The second kappa shape index (κ2) is 10.5. The Labute approximate surface area is 282 Å². The summed E-state index contributed by atoms with van der Waals surface area (Å²) in [6.07, 6.45) is 1.90. The summed E-state index contributed by atoms with van der Waals surface area (Å²) in [4.78, 5) is 14.0. The van der Waals surface area contributed by atoms with Gasteiger partial charge in [-0.15, -0.1) is 0 Å². The van der Waals surface area contributed by atoms with Gasteiger partial charge in [-0.25, -0.2) is 9.97 Å². The van der Waals surface area contributed by atoms with Gasteiger partial charge < -0.3 is 4.98 Å². The van der Waals surface area contributed by atoms with Gasteiger partial charge in [0, 0.05) is 50.1 Å². The number of nitrogens with zero attached hydrogens (tertiary/aromatic N) is 4. The number of rotatable bonds is 4. The van der Waals surface area contributed by atoms with E-state index < -0.39 is 0 Å². The van der Waals surface area contributed by atoms with Gasteiger partial charge in [-0.05, 0) is 85.6 Å². The summed E-state index contributed by atoms with van der Waals surface area (Å²) in [6.45, 7) is 4.27. The van der Waals surface area contributed by atoms with Crippen molar-refractivity contribution in [3.05, 3.63) is 157 Å². The number of aromatic amines is 1. The van der Waals surface area contributed by atoms with Crippen molar-refractivity contribution in [2.75, 3.05) is 0 Å². The van der Waals surface area contributed by atoms with Crippen molar-refractivity contribution < 1.29 is 0 Å². The molecule has 5 heteroatoms. The molecule has 6 aromatic carbocycles. The predicted octanol–water partition coefficient (Wildman–Crippen LogP) is 11.1. The van der Waals surface area contributed by atoms with Gasteiger partial charge in [0.05, 0.1) is 27.6 Å². The standard InChI is InChI=1S/C44H31N5/c1-27-18-21-38-36(24-27)33-20-19-29(26-40(33)49(38)41-25-28(2)22-23-45-41)31-13-9-17-39-43(31)47-44(48(39)30-10-4-3-5-11-30)35-15-8-14-34-32-12-6-7-16-37(32)46-42(34)35/h3-26,46H,1-2H3. The Morgan fingerprint density at radius 2 is 1.33 bits per heavy atom. The van der Waals surface area contributed by atoms with Crippen molar-refractivity contribution in [3.63, 3.8) is 0 Å². The summed E-state index contributed by atoms with van der Waals surface area (Å²) in [7, 11) is 0. The van der Waals surface area contributed by atoms with Crippen LogP contribution >= 0.6 is 0 Å². The molecular formula is C44H31N5. The third-order valence-corrected chi connectivity index (χ3v) is 9.84. The Kier molecular flexibility index (Phi) is 5.94. The van der Waals surface area contributed by atoms with Crippen molar-refractivity contribution in [2.45, 2.75) is 13.8 Å². The summed E-state index contributed by atoms with van der Waals surface area (Å²) in [5.41, 5.74) is 13.2. The lowest BCUT2D eigenvalue weighted by Gasteiger charge is -2.11. The van der Waals surface area contributed by atoms with E-state index in [0.717, 1.165) is 67.1 Å². The van der Waals surface area contributed by atoms with E-state index in [1.807, 2.05) is 12.3 Å². The summed E-state index contributed by atoms with van der Waals surface area (Å²) in [5, 5.41) is 4.84. The highest BCUT2D eigenvalue weighted by molar-refractivity contribution is 6.13. The molecule has 0 fully saturated rings. The van der Waals surface area contributed by atoms with Gasteiger partial charge in [-0.2, -0.15) is 0 Å². The molecule has 0 radical (unpaired) electrons. The van der Waals surface area contributed by atoms with E-state index >= 15 is 0 Å². The van der Waals surface area contributed by atoms with Crippen molar-refractivity contribution in [1.82, 2.24) is 24.1 Å². The van der Waals surface area contributed by atoms with E-state index in [2.05, 4.69) is 161 Å². The SMILES string of the molecule is Cc1ccnc(-n2c3ccc(C)cc3c3ccc(-c4cccc5c4nc(-c4cccc6c4[nH]c4ccccc46)n5-c4ccccc4)cc32)c1. The number of aryl methyl sites for hydroxylation is 2. The fraction of sp³-hybridized carbons (Fsp3) is 0.0455. The third-order valence-electron chi connectivity index (χ3n) is 9.84. The quantitative estimate of drug-likeness (QED) is 0.211. The highest BCUT2D eigenvalue weighted by Crippen LogP contribution is 2.40. The number of para-hydroxylation sites is 4. The minimum Gasteiger partial charge on any atom is -0.354 e. The van der Waals surface area contributed by atoms with Gasteiger partial charge in [0.25, 0.3) is 0 Å². The monoisotopic (exact) mass is 629 g/mol. The molecule has 49 heavy (non-hydrogen) atoms. The molecule has 1 N–H and O–H groups in total. The van der Waals surface area contributed by atoms with Crippen molar-refractivity contribution >= 4 is 54.6 Å². The lowest BCUT2D eigenvalue weighted by atomic mass is 10.0. The second-order valence-electron chi connectivity index (χ2n) is 13.0. The Hall–Kier alpha value is -6.46. The minimum atomic E-state index is 0.903. The van der Waals surface area contributed by atoms with Crippen LogP contribution in [0, 0.1) is 13.8 Å². The number of imidazole rings is 1. The zero-order chi connectivity index (χ0) is 32.6. The zero-order valence-electron chi connectivity index (χ0n) is 27.1. The number of aromatic nitrogens is 5. The first-order valence-electron chi connectivity index (χ1n) is 16.7. The maximum absolute atomic E-state index is 5.51. The molecule has 0 atom stereocenters. The fourth-order valence-electron chi connectivity index (χ4n) is 7.60. The summed E-state index contributed by atoms with van der Waals surface area (Å²) in [6, 6.07) is 49.8. The molecule has 0 amide bonds. The molecule has 0 aliphatic heterocycles. The molecule has 5 nitrogen and oxygen atoms in total. The largest absolute Gasteiger partial charge is 0.354 e. The third kappa shape index (κ3) is 4.19. The van der Waals surface area contributed by atoms with Crippen LogP contribution in [0.25, 0.3) is 88.7 Å². The Bertz CT molecular complexity index is 2900. The highest BCUT2D eigenvalue weighted by Gasteiger charge is 2.21. The number of H-pyrrole nitrogens is 1. The maximum Gasteiger partial charge on any atom is 0.147 e. The number of hydrogen-bond donors (Lipinski definition) is 1. The first-order valence-corrected chi connectivity index (χ1v) is 16.7. The lowest BCUT2D eigenvalue weighted by Crippen LogP contribution is -1.98. The molecule has 0 saturated carbocycles. The van der Waals surface area contributed by atoms with E-state index in [0.29, 0.717) is 0 Å². The normalized spacial score (nSPS) is 11.9. The molecule has 4 heterocycles. The van der Waals surface area contributed by atoms with Gasteiger partial charge >= 0.3 is 0 Å². The molecule has 4 aromatic heterocycles. The lowest BCUT2D eigenvalue weighted by molar-refractivity contribution is 1.07. The number of nitrogens with one attached hydrogen (secondary N) is 1. The molecule has 10 aromatic rings. The van der Waals surface area contributed by atoms with Crippen LogP contribution < -0.4 is 0 Å². The Morgan fingerprint density at radius 1 is 0.531 bits per heavy atom. The highest BCUT2D eigenvalue weighted by atomic mass is 15.1. The summed E-state index contributed by atoms with van der Waals surface area (Å²) < 4.78 is 4.60. The van der Waals surface area contributed by atoms with Crippen LogP contribution in [0.5, 0.6) is 0 Å².